The summed E-state index contributed by atoms with van der Waals surface area (Å²) in [6.45, 7) is 0.256. The number of aromatic nitrogens is 2. The quantitative estimate of drug-likeness (QED) is 0.694. The van der Waals surface area contributed by atoms with E-state index < -0.39 is 5.97 Å². The molecule has 0 unspecified atom stereocenters. The lowest BCUT2D eigenvalue weighted by Gasteiger charge is -2.08. The summed E-state index contributed by atoms with van der Waals surface area (Å²) in [4.78, 5) is 28.3. The summed E-state index contributed by atoms with van der Waals surface area (Å²) >= 11 is 6.10. The Morgan fingerprint density at radius 3 is 2.87 bits per heavy atom. The third-order valence-electron chi connectivity index (χ3n) is 3.54. The molecule has 0 saturated heterocycles. The third kappa shape index (κ3) is 2.96. The minimum absolute atomic E-state index is 0.157. The molecule has 3 rings (SSSR count). The van der Waals surface area contributed by atoms with Crippen LogP contribution in [0.15, 0.2) is 53.6 Å². The summed E-state index contributed by atoms with van der Waals surface area (Å²) in [5.74, 6) is -0.439. The van der Waals surface area contributed by atoms with Crippen LogP contribution in [0.4, 0.5) is 0 Å². The number of benzene rings is 1. The Balaban J connectivity index is 2.01. The van der Waals surface area contributed by atoms with E-state index in [0.717, 1.165) is 0 Å². The van der Waals surface area contributed by atoms with Crippen LogP contribution < -0.4 is 5.56 Å². The van der Waals surface area contributed by atoms with Gasteiger partial charge in [0.25, 0.3) is 5.56 Å². The number of nitrogens with zero attached hydrogens (tertiary/aromatic N) is 2. The van der Waals surface area contributed by atoms with Gasteiger partial charge in [0.1, 0.15) is 0 Å². The fraction of sp³-hybridized carbons (Fsp3) is 0.118. The van der Waals surface area contributed by atoms with E-state index in [1.807, 2.05) is 0 Å². The molecule has 0 spiro atoms. The number of rotatable bonds is 3. The molecule has 0 radical (unpaired) electrons. The summed E-state index contributed by atoms with van der Waals surface area (Å²) < 4.78 is 6.22. The number of pyridine rings is 2. The van der Waals surface area contributed by atoms with Crippen LogP contribution in [-0.4, -0.2) is 22.6 Å². The molecule has 0 bridgehead atoms. The van der Waals surface area contributed by atoms with Crippen molar-refractivity contribution in [2.75, 3.05) is 7.11 Å². The van der Waals surface area contributed by atoms with E-state index in [2.05, 4.69) is 9.72 Å². The molecule has 0 aliphatic carbocycles. The van der Waals surface area contributed by atoms with Crippen LogP contribution >= 0.6 is 11.6 Å². The summed E-state index contributed by atoms with van der Waals surface area (Å²) in [7, 11) is 1.32. The molecule has 1 aromatic carbocycles. The summed E-state index contributed by atoms with van der Waals surface area (Å²) in [6.07, 6.45) is 3.19. The van der Waals surface area contributed by atoms with Gasteiger partial charge in [-0.05, 0) is 30.3 Å². The first-order valence-electron chi connectivity index (χ1n) is 6.91. The number of ether oxygens (including phenoxy) is 1. The molecule has 6 heteroatoms. The maximum Gasteiger partial charge on any atom is 0.337 e. The predicted molar refractivity (Wildman–Crippen MR) is 87.9 cm³/mol. The maximum absolute atomic E-state index is 12.5. The van der Waals surface area contributed by atoms with Crippen LogP contribution in [0, 0.1) is 0 Å². The lowest BCUT2D eigenvalue weighted by molar-refractivity contribution is 0.0600. The van der Waals surface area contributed by atoms with E-state index in [-0.39, 0.29) is 12.1 Å². The van der Waals surface area contributed by atoms with Crippen molar-refractivity contribution >= 4 is 28.3 Å². The van der Waals surface area contributed by atoms with Crippen LogP contribution in [0.3, 0.4) is 0 Å². The summed E-state index contributed by atoms with van der Waals surface area (Å²) in [6, 6.07) is 10.2. The fourth-order valence-electron chi connectivity index (χ4n) is 2.39. The second-order valence-corrected chi connectivity index (χ2v) is 5.38. The van der Waals surface area contributed by atoms with Gasteiger partial charge >= 0.3 is 5.97 Å². The molecule has 0 amide bonds. The van der Waals surface area contributed by atoms with Crippen molar-refractivity contribution in [1.82, 2.24) is 9.55 Å². The van der Waals surface area contributed by atoms with E-state index in [1.165, 1.54) is 17.9 Å². The molecule has 23 heavy (non-hydrogen) atoms. The first-order chi connectivity index (χ1) is 11.1. The molecule has 116 valence electrons. The highest BCUT2D eigenvalue weighted by molar-refractivity contribution is 6.35. The molecule has 0 atom stereocenters. The van der Waals surface area contributed by atoms with Gasteiger partial charge in [-0.15, -0.1) is 0 Å². The van der Waals surface area contributed by atoms with Crippen molar-refractivity contribution in [3.63, 3.8) is 0 Å². The number of halogens is 1. The average molecular weight is 329 g/mol. The second kappa shape index (κ2) is 6.22. The summed E-state index contributed by atoms with van der Waals surface area (Å²) in [5.41, 5.74) is 0.834. The van der Waals surface area contributed by atoms with Gasteiger partial charge in [-0.2, -0.15) is 0 Å². The smallest absolute Gasteiger partial charge is 0.337 e. The number of carbonyl (C=O) groups is 1. The fourth-order valence-corrected chi connectivity index (χ4v) is 2.63. The Morgan fingerprint density at radius 1 is 1.26 bits per heavy atom. The molecule has 2 heterocycles. The van der Waals surface area contributed by atoms with Gasteiger partial charge in [-0.25, -0.2) is 4.79 Å². The largest absolute Gasteiger partial charge is 0.465 e. The SMILES string of the molecule is COC(=O)c1ccnc(Cn2ccc3c(Cl)cccc3c2=O)c1. The summed E-state index contributed by atoms with van der Waals surface area (Å²) in [5, 5.41) is 1.80. The van der Waals surface area contributed by atoms with Crippen LogP contribution in [0.5, 0.6) is 0 Å². The highest BCUT2D eigenvalue weighted by Crippen LogP contribution is 2.20. The minimum Gasteiger partial charge on any atom is -0.465 e. The lowest BCUT2D eigenvalue weighted by atomic mass is 10.1. The molecule has 0 saturated carbocycles. The zero-order valence-electron chi connectivity index (χ0n) is 12.3. The van der Waals surface area contributed by atoms with E-state index >= 15 is 0 Å². The molecule has 3 aromatic rings. The van der Waals surface area contributed by atoms with Crippen molar-refractivity contribution in [2.45, 2.75) is 6.54 Å². The van der Waals surface area contributed by atoms with Gasteiger partial charge in [0.15, 0.2) is 0 Å². The topological polar surface area (TPSA) is 61.2 Å². The predicted octanol–water partition coefficient (Wildman–Crippen LogP) is 2.88. The van der Waals surface area contributed by atoms with Gasteiger partial charge < -0.3 is 9.30 Å². The Labute approximate surface area is 137 Å². The Kier molecular flexibility index (Phi) is 4.12. The van der Waals surface area contributed by atoms with E-state index in [4.69, 9.17) is 11.6 Å². The first kappa shape index (κ1) is 15.2. The Hall–Kier alpha value is -2.66. The number of hydrogen-bond donors (Lipinski definition) is 0. The van der Waals surface area contributed by atoms with E-state index in [0.29, 0.717) is 27.1 Å². The standard InChI is InChI=1S/C17H13ClN2O3/c1-23-17(22)11-5-7-19-12(9-11)10-20-8-6-13-14(16(20)21)3-2-4-15(13)18/h2-9H,10H2,1H3. The molecule has 0 fully saturated rings. The van der Waals surface area contributed by atoms with Crippen molar-refractivity contribution in [3.05, 3.63) is 75.4 Å². The van der Waals surface area contributed by atoms with Gasteiger partial charge in [-0.1, -0.05) is 17.7 Å². The number of methoxy groups -OCH3 is 1. The number of hydrogen-bond acceptors (Lipinski definition) is 4. The molecular formula is C17H13ClN2O3. The normalized spacial score (nSPS) is 10.7. The zero-order chi connectivity index (χ0) is 16.4. The maximum atomic E-state index is 12.5. The van der Waals surface area contributed by atoms with Crippen LogP contribution in [0.1, 0.15) is 16.1 Å². The molecule has 5 nitrogen and oxygen atoms in total. The number of fused-ring (bicyclic) bond motifs is 1. The van der Waals surface area contributed by atoms with Gasteiger partial charge in [-0.3, -0.25) is 9.78 Å². The van der Waals surface area contributed by atoms with Crippen molar-refractivity contribution in [1.29, 1.82) is 0 Å². The van der Waals surface area contributed by atoms with Gasteiger partial charge in [0.05, 0.1) is 24.9 Å². The number of carbonyl (C=O) groups excluding carboxylic acids is 1. The lowest BCUT2D eigenvalue weighted by Crippen LogP contribution is -2.20. The van der Waals surface area contributed by atoms with E-state index in [1.54, 1.807) is 42.6 Å². The first-order valence-corrected chi connectivity index (χ1v) is 7.29. The monoisotopic (exact) mass is 328 g/mol. The molecular weight excluding hydrogens is 316 g/mol. The third-order valence-corrected chi connectivity index (χ3v) is 3.86. The highest BCUT2D eigenvalue weighted by Gasteiger charge is 2.09. The second-order valence-electron chi connectivity index (χ2n) is 4.98. The van der Waals surface area contributed by atoms with Crippen molar-refractivity contribution < 1.29 is 9.53 Å². The Morgan fingerprint density at radius 2 is 2.09 bits per heavy atom. The minimum atomic E-state index is -0.439. The molecule has 0 aliphatic rings. The van der Waals surface area contributed by atoms with Crippen LogP contribution in [-0.2, 0) is 11.3 Å². The van der Waals surface area contributed by atoms with Crippen LogP contribution in [0.25, 0.3) is 10.8 Å². The van der Waals surface area contributed by atoms with Crippen LogP contribution in [0.2, 0.25) is 5.02 Å². The van der Waals surface area contributed by atoms with Crippen molar-refractivity contribution in [3.8, 4) is 0 Å². The van der Waals surface area contributed by atoms with Gasteiger partial charge in [0, 0.05) is 28.2 Å². The molecule has 0 N–H and O–H groups in total. The van der Waals surface area contributed by atoms with Crippen molar-refractivity contribution in [2.24, 2.45) is 0 Å². The van der Waals surface area contributed by atoms with E-state index in [9.17, 15) is 9.59 Å². The number of esters is 1. The zero-order valence-corrected chi connectivity index (χ0v) is 13.1. The van der Waals surface area contributed by atoms with Gasteiger partial charge in [0.2, 0.25) is 0 Å². The average Bonchev–Trinajstić information content (AvgIpc) is 2.57. The highest BCUT2D eigenvalue weighted by atomic mass is 35.5. The Bertz CT molecular complexity index is 950. The molecule has 2 aromatic heterocycles. The molecule has 0 aliphatic heterocycles.